The zero-order chi connectivity index (χ0) is 22.7. The normalized spacial score (nSPS) is 15.2. The van der Waals surface area contributed by atoms with E-state index in [-0.39, 0.29) is 24.3 Å². The summed E-state index contributed by atoms with van der Waals surface area (Å²) in [6, 6.07) is 13.4. The molecule has 1 atom stereocenters. The van der Waals surface area contributed by atoms with Crippen molar-refractivity contribution in [2.75, 3.05) is 6.54 Å². The molecule has 0 spiro atoms. The average molecular weight is 433 g/mol. The molecule has 0 saturated carbocycles. The maximum atomic E-state index is 13.4. The highest BCUT2D eigenvalue weighted by atomic mass is 16.3. The van der Waals surface area contributed by atoms with Crippen LogP contribution in [-0.2, 0) is 11.3 Å². The van der Waals surface area contributed by atoms with Crippen LogP contribution in [0.25, 0.3) is 17.0 Å². The molecule has 0 saturated heterocycles. The van der Waals surface area contributed by atoms with Crippen LogP contribution in [-0.4, -0.2) is 58.3 Å². The van der Waals surface area contributed by atoms with E-state index in [0.29, 0.717) is 30.1 Å². The molecule has 164 valence electrons. The maximum absolute atomic E-state index is 13.4. The Morgan fingerprint density at radius 3 is 2.62 bits per heavy atom. The van der Waals surface area contributed by atoms with E-state index in [1.54, 1.807) is 16.8 Å². The molecule has 1 aliphatic rings. The van der Waals surface area contributed by atoms with E-state index in [4.69, 9.17) is 20.0 Å². The molecule has 0 aliphatic carbocycles. The summed E-state index contributed by atoms with van der Waals surface area (Å²) < 4.78 is 3.56. The number of benzene rings is 1. The molecule has 4 heterocycles. The number of fused-ring (bicyclic) bond motifs is 2. The van der Waals surface area contributed by atoms with Gasteiger partial charge < -0.3 is 10.0 Å². The first-order chi connectivity index (χ1) is 15.5. The van der Waals surface area contributed by atoms with Gasteiger partial charge in [-0.25, -0.2) is 19.2 Å². The van der Waals surface area contributed by atoms with Crippen molar-refractivity contribution in [3.05, 3.63) is 66.4 Å². The van der Waals surface area contributed by atoms with Gasteiger partial charge in [-0.1, -0.05) is 44.2 Å². The fourth-order valence-corrected chi connectivity index (χ4v) is 3.92. The molecular weight excluding hydrogens is 410 g/mol. The fourth-order valence-electron chi connectivity index (χ4n) is 3.92. The fraction of sp³-hybridized carbons (Fsp3) is 0.273. The molecule has 10 nitrogen and oxygen atoms in total. The van der Waals surface area contributed by atoms with Gasteiger partial charge in [0, 0.05) is 18.3 Å². The summed E-state index contributed by atoms with van der Waals surface area (Å²) in [7, 11) is 0. The first-order valence-corrected chi connectivity index (χ1v) is 10.2. The van der Waals surface area contributed by atoms with Crippen LogP contribution in [0.2, 0.25) is 0 Å². The lowest BCUT2D eigenvalue weighted by Crippen LogP contribution is -2.44. The smallest absolute Gasteiger partial charge is 0.290 e. The van der Waals surface area contributed by atoms with Crippen LogP contribution >= 0.6 is 0 Å². The third-order valence-corrected chi connectivity index (χ3v) is 5.30. The largest absolute Gasteiger partial charge is 0.483 e. The van der Waals surface area contributed by atoms with Gasteiger partial charge in [-0.05, 0) is 18.1 Å². The lowest BCUT2D eigenvalue weighted by atomic mass is 9.99. The van der Waals surface area contributed by atoms with Crippen LogP contribution in [0.5, 0.6) is 0 Å². The molecule has 0 unspecified atom stereocenters. The quantitative estimate of drug-likeness (QED) is 0.493. The number of carbonyl (C=O) groups is 2. The standard InChI is InChI=1S/C21H21N7O.CH2O2/c1-14(2)18-20-24-19(15-6-4-3-5-7-15)25-27(20)11-10-26(18)21(29)16-8-9-17-22-13-23-28(17)12-16;2-1-3/h3-9,12-14,18H,10-11H2,1-2H3;1H,(H,2,3)/t18-;/m0./s1. The van der Waals surface area contributed by atoms with Gasteiger partial charge in [0.05, 0.1) is 18.2 Å². The predicted octanol–water partition coefficient (Wildman–Crippen LogP) is 2.54. The van der Waals surface area contributed by atoms with E-state index >= 15 is 0 Å². The van der Waals surface area contributed by atoms with Crippen LogP contribution < -0.4 is 0 Å². The molecule has 1 aliphatic heterocycles. The molecule has 32 heavy (non-hydrogen) atoms. The topological polar surface area (TPSA) is 119 Å². The molecular formula is C22H23N7O3. The first-order valence-electron chi connectivity index (χ1n) is 10.2. The summed E-state index contributed by atoms with van der Waals surface area (Å²) in [4.78, 5) is 32.6. The van der Waals surface area contributed by atoms with E-state index in [0.717, 1.165) is 11.4 Å². The Morgan fingerprint density at radius 1 is 1.16 bits per heavy atom. The van der Waals surface area contributed by atoms with Crippen molar-refractivity contribution < 1.29 is 14.7 Å². The van der Waals surface area contributed by atoms with Gasteiger partial charge in [-0.2, -0.15) is 10.2 Å². The highest BCUT2D eigenvalue weighted by Gasteiger charge is 2.36. The van der Waals surface area contributed by atoms with Gasteiger partial charge in [0.1, 0.15) is 6.33 Å². The van der Waals surface area contributed by atoms with E-state index in [1.165, 1.54) is 6.33 Å². The molecule has 10 heteroatoms. The van der Waals surface area contributed by atoms with Crippen LogP contribution in [0, 0.1) is 5.92 Å². The molecule has 1 amide bonds. The SMILES string of the molecule is CC(C)[C@H]1c2nc(-c3ccccc3)nn2CCN1C(=O)c1ccc2ncnn2c1.O=CO. The minimum Gasteiger partial charge on any atom is -0.483 e. The number of nitrogens with zero attached hydrogens (tertiary/aromatic N) is 7. The van der Waals surface area contributed by atoms with Crippen molar-refractivity contribution in [3.63, 3.8) is 0 Å². The first kappa shape index (κ1) is 21.2. The second-order valence-electron chi connectivity index (χ2n) is 7.66. The highest BCUT2D eigenvalue weighted by molar-refractivity contribution is 5.94. The minimum atomic E-state index is -0.250. The third kappa shape index (κ3) is 3.94. The van der Waals surface area contributed by atoms with Crippen molar-refractivity contribution in [3.8, 4) is 11.4 Å². The predicted molar refractivity (Wildman–Crippen MR) is 116 cm³/mol. The number of pyridine rings is 1. The Hall–Kier alpha value is -4.08. The van der Waals surface area contributed by atoms with Crippen LogP contribution in [0.1, 0.15) is 36.1 Å². The van der Waals surface area contributed by atoms with E-state index in [9.17, 15) is 4.79 Å². The zero-order valence-electron chi connectivity index (χ0n) is 17.7. The molecule has 0 fully saturated rings. The molecule has 3 aromatic heterocycles. The second kappa shape index (κ2) is 8.96. The molecule has 5 rings (SSSR count). The molecule has 0 bridgehead atoms. The van der Waals surface area contributed by atoms with Crippen molar-refractivity contribution in [1.82, 2.24) is 34.3 Å². The number of carbonyl (C=O) groups excluding carboxylic acids is 1. The van der Waals surface area contributed by atoms with E-state index in [2.05, 4.69) is 23.9 Å². The van der Waals surface area contributed by atoms with Crippen LogP contribution in [0.3, 0.4) is 0 Å². The van der Waals surface area contributed by atoms with Crippen molar-refractivity contribution in [2.45, 2.75) is 26.4 Å². The second-order valence-corrected chi connectivity index (χ2v) is 7.66. The van der Waals surface area contributed by atoms with Crippen molar-refractivity contribution in [2.24, 2.45) is 5.92 Å². The lowest BCUT2D eigenvalue weighted by Gasteiger charge is -2.37. The number of rotatable bonds is 3. The van der Waals surface area contributed by atoms with Gasteiger partial charge >= 0.3 is 0 Å². The number of aromatic nitrogens is 6. The summed E-state index contributed by atoms with van der Waals surface area (Å²) in [6.07, 6.45) is 3.21. The Kier molecular flexibility index (Phi) is 5.93. The van der Waals surface area contributed by atoms with Crippen LogP contribution in [0.15, 0.2) is 55.0 Å². The van der Waals surface area contributed by atoms with E-state index in [1.807, 2.05) is 46.0 Å². The van der Waals surface area contributed by atoms with Crippen LogP contribution in [0.4, 0.5) is 0 Å². The monoisotopic (exact) mass is 433 g/mol. The summed E-state index contributed by atoms with van der Waals surface area (Å²) in [5.74, 6) is 1.70. The summed E-state index contributed by atoms with van der Waals surface area (Å²) in [5, 5.41) is 15.7. The van der Waals surface area contributed by atoms with E-state index < -0.39 is 0 Å². The molecule has 1 aromatic carbocycles. The summed E-state index contributed by atoms with van der Waals surface area (Å²) in [5.41, 5.74) is 2.28. The van der Waals surface area contributed by atoms with Gasteiger partial charge in [-0.15, -0.1) is 0 Å². The summed E-state index contributed by atoms with van der Waals surface area (Å²) >= 11 is 0. The maximum Gasteiger partial charge on any atom is 0.290 e. The molecule has 0 radical (unpaired) electrons. The Bertz CT molecular complexity index is 1230. The van der Waals surface area contributed by atoms with Gasteiger partial charge in [0.25, 0.3) is 12.4 Å². The highest BCUT2D eigenvalue weighted by Crippen LogP contribution is 2.33. The van der Waals surface area contributed by atoms with Gasteiger partial charge in [-0.3, -0.25) is 9.59 Å². The average Bonchev–Trinajstić information content (AvgIpc) is 3.45. The van der Waals surface area contributed by atoms with Gasteiger partial charge in [0.2, 0.25) is 0 Å². The van der Waals surface area contributed by atoms with Crippen molar-refractivity contribution >= 4 is 18.0 Å². The number of hydrogen-bond acceptors (Lipinski definition) is 6. The Balaban J connectivity index is 0.000000775. The minimum absolute atomic E-state index is 0.0309. The lowest BCUT2D eigenvalue weighted by molar-refractivity contribution is -0.122. The third-order valence-electron chi connectivity index (χ3n) is 5.30. The Labute approximate surface area is 184 Å². The Morgan fingerprint density at radius 2 is 1.91 bits per heavy atom. The molecule has 1 N–H and O–H groups in total. The van der Waals surface area contributed by atoms with Crippen molar-refractivity contribution in [1.29, 1.82) is 0 Å². The number of hydrogen-bond donors (Lipinski definition) is 1. The molecule has 4 aromatic rings. The number of amides is 1. The van der Waals surface area contributed by atoms with Gasteiger partial charge in [0.15, 0.2) is 17.3 Å². The summed E-state index contributed by atoms with van der Waals surface area (Å²) in [6.45, 7) is 5.17. The zero-order valence-corrected chi connectivity index (χ0v) is 17.7. The number of carboxylic acid groups (broad SMARTS) is 1.